The summed E-state index contributed by atoms with van der Waals surface area (Å²) in [5.41, 5.74) is 4.35. The number of hydrogen-bond donors (Lipinski definition) is 0. The monoisotopic (exact) mass is 521 g/mol. The molecular weight excluding hydrogens is 488 g/mol. The Balaban J connectivity index is 0.000000239. The van der Waals surface area contributed by atoms with E-state index in [2.05, 4.69) is 33.9 Å². The first-order valence-electron chi connectivity index (χ1n) is 12.2. The molecule has 2 fully saturated rings. The second kappa shape index (κ2) is 10.8. The van der Waals surface area contributed by atoms with Crippen LogP contribution in [0.15, 0.2) is 41.0 Å². The van der Waals surface area contributed by atoms with Gasteiger partial charge in [-0.1, -0.05) is 23.7 Å². The number of hydrogen-bond acceptors (Lipinski definition) is 5. The molecule has 0 amide bonds. The van der Waals surface area contributed by atoms with Crippen LogP contribution in [0.2, 0.25) is 4.34 Å². The van der Waals surface area contributed by atoms with Gasteiger partial charge in [-0.25, -0.2) is 0 Å². The summed E-state index contributed by atoms with van der Waals surface area (Å²) in [4.78, 5) is 11.4. The first-order valence-corrected chi connectivity index (χ1v) is 13.4. The average Bonchev–Trinajstić information content (AvgIpc) is 3.61. The zero-order valence-corrected chi connectivity index (χ0v) is 22.5. The Labute approximate surface area is 216 Å². The van der Waals surface area contributed by atoms with E-state index in [0.29, 0.717) is 22.1 Å². The Hall–Kier alpha value is -1.67. The molecule has 0 radical (unpaired) electrons. The molecule has 4 heterocycles. The van der Waals surface area contributed by atoms with Crippen molar-refractivity contribution in [3.05, 3.63) is 62.1 Å². The Morgan fingerprint density at radius 2 is 2.06 bits per heavy atom. The number of piperidine rings is 1. The molecule has 0 atom stereocenters. The smallest absolute Gasteiger partial charge is 0.297 e. The quantitative estimate of drug-likeness (QED) is 0.402. The number of halogens is 3. The number of rotatable bonds is 4. The van der Waals surface area contributed by atoms with Crippen molar-refractivity contribution in [2.45, 2.75) is 63.9 Å². The number of ether oxygens (including phenoxy) is 1. The lowest BCUT2D eigenvalue weighted by atomic mass is 9.84. The van der Waals surface area contributed by atoms with Crippen LogP contribution in [0.4, 0.5) is 8.78 Å². The maximum atomic E-state index is 14.2. The van der Waals surface area contributed by atoms with Crippen LogP contribution < -0.4 is 0 Å². The Morgan fingerprint density at radius 1 is 1.34 bits per heavy atom. The number of alkyl halides is 2. The van der Waals surface area contributed by atoms with Crippen molar-refractivity contribution in [2.75, 3.05) is 33.3 Å². The Morgan fingerprint density at radius 3 is 2.66 bits per heavy atom. The summed E-state index contributed by atoms with van der Waals surface area (Å²) in [5, 5.41) is 0. The van der Waals surface area contributed by atoms with Crippen LogP contribution in [0.25, 0.3) is 0 Å². The van der Waals surface area contributed by atoms with E-state index >= 15 is 0 Å². The minimum atomic E-state index is -2.95. The maximum absolute atomic E-state index is 14.2. The molecule has 190 valence electrons. The highest BCUT2D eigenvalue weighted by atomic mass is 35.5. The van der Waals surface area contributed by atoms with E-state index in [4.69, 9.17) is 16.3 Å². The van der Waals surface area contributed by atoms with Crippen molar-refractivity contribution in [1.82, 2.24) is 9.88 Å². The number of nitrogens with zero attached hydrogens (tertiary/aromatic N) is 3. The van der Waals surface area contributed by atoms with E-state index in [1.54, 1.807) is 7.05 Å². The summed E-state index contributed by atoms with van der Waals surface area (Å²) in [6.07, 6.45) is 8.08. The molecule has 2 aliphatic heterocycles. The lowest BCUT2D eigenvalue weighted by molar-refractivity contribution is -0.181. The number of aliphatic imine (C=N–C) groups is 1. The van der Waals surface area contributed by atoms with Crippen LogP contribution in [0.1, 0.15) is 67.1 Å². The number of aryl methyl sites for hydroxylation is 1. The second-order valence-corrected chi connectivity index (χ2v) is 11.3. The molecule has 0 N–H and O–H groups in total. The van der Waals surface area contributed by atoms with E-state index in [-0.39, 0.29) is 5.56 Å². The molecule has 1 saturated heterocycles. The van der Waals surface area contributed by atoms with Gasteiger partial charge in [0.15, 0.2) is 0 Å². The Bertz CT molecular complexity index is 1100. The van der Waals surface area contributed by atoms with Gasteiger partial charge in [-0.3, -0.25) is 14.9 Å². The van der Waals surface area contributed by atoms with Crippen molar-refractivity contribution in [1.29, 1.82) is 0 Å². The highest BCUT2D eigenvalue weighted by Crippen LogP contribution is 2.52. The topological polar surface area (TPSA) is 37.7 Å². The summed E-state index contributed by atoms with van der Waals surface area (Å²) in [6, 6.07) is 5.64. The molecule has 3 aliphatic rings. The molecule has 2 aromatic rings. The van der Waals surface area contributed by atoms with Gasteiger partial charge in [0.05, 0.1) is 4.34 Å². The van der Waals surface area contributed by atoms with Crippen molar-refractivity contribution in [2.24, 2.45) is 4.99 Å². The van der Waals surface area contributed by atoms with E-state index in [9.17, 15) is 8.78 Å². The van der Waals surface area contributed by atoms with Crippen LogP contribution in [0.3, 0.4) is 0 Å². The van der Waals surface area contributed by atoms with Gasteiger partial charge in [0.25, 0.3) is 5.92 Å². The summed E-state index contributed by atoms with van der Waals surface area (Å²) in [7, 11) is 1.79. The van der Waals surface area contributed by atoms with E-state index in [1.807, 2.05) is 26.1 Å². The fraction of sp³-hybridized carbons (Fsp3) is 0.556. The third-order valence-corrected chi connectivity index (χ3v) is 8.76. The first kappa shape index (κ1) is 26.4. The van der Waals surface area contributed by atoms with Crippen molar-refractivity contribution < 1.29 is 13.5 Å². The van der Waals surface area contributed by atoms with Crippen molar-refractivity contribution in [3.8, 4) is 0 Å². The fourth-order valence-corrected chi connectivity index (χ4v) is 6.39. The number of allylic oxidation sites excluding steroid dienone is 1. The molecular formula is C27H34ClF2N3OS. The number of pyridine rings is 1. The lowest BCUT2D eigenvalue weighted by Crippen LogP contribution is -2.49. The van der Waals surface area contributed by atoms with Gasteiger partial charge in [0, 0.05) is 54.7 Å². The van der Waals surface area contributed by atoms with Gasteiger partial charge in [0.2, 0.25) is 0 Å². The van der Waals surface area contributed by atoms with Gasteiger partial charge in [-0.2, -0.15) is 8.78 Å². The molecule has 0 unspecified atom stereocenters. The zero-order valence-electron chi connectivity index (χ0n) is 20.9. The average molecular weight is 522 g/mol. The largest absolute Gasteiger partial charge is 0.363 e. The fourth-order valence-electron chi connectivity index (χ4n) is 4.91. The highest BCUT2D eigenvalue weighted by molar-refractivity contribution is 7.16. The van der Waals surface area contributed by atoms with Gasteiger partial charge >= 0.3 is 0 Å². The van der Waals surface area contributed by atoms with Crippen LogP contribution in [0.5, 0.6) is 0 Å². The standard InChI is InChI=1S/C18H23ClF2N2OS.C9H11N/c1-4-13(12(2)22-3)10-23-7-5-17(6-8-23)16-14(9-15(19)25-16)18(20,21)11-24-17;1-7-9(8-4-5-8)3-2-6-10-7/h4,9H,5-8,10-11H2,1-3H3;2-3,6,8H,4-5H2,1H3/b13-4-,22-12?;. The first-order chi connectivity index (χ1) is 16.7. The minimum absolute atomic E-state index is 0.0605. The number of thiophene rings is 1. The molecule has 2 aromatic heterocycles. The third-order valence-electron chi connectivity index (χ3n) is 7.31. The Kier molecular flexibility index (Phi) is 8.11. The van der Waals surface area contributed by atoms with Gasteiger partial charge < -0.3 is 4.74 Å². The van der Waals surface area contributed by atoms with Gasteiger partial charge in [-0.15, -0.1) is 11.3 Å². The maximum Gasteiger partial charge on any atom is 0.297 e. The van der Waals surface area contributed by atoms with Crippen molar-refractivity contribution in [3.63, 3.8) is 0 Å². The summed E-state index contributed by atoms with van der Waals surface area (Å²) in [6.45, 7) is 7.98. The lowest BCUT2D eigenvalue weighted by Gasteiger charge is -2.45. The third kappa shape index (κ3) is 5.85. The number of likely N-dealkylation sites (tertiary alicyclic amines) is 1. The predicted octanol–water partition coefficient (Wildman–Crippen LogP) is 7.12. The van der Waals surface area contributed by atoms with Gasteiger partial charge in [0.1, 0.15) is 12.2 Å². The SMILES string of the molecule is C/C=C(/CN1CCC2(CC1)OCC(F)(F)c1cc(Cl)sc12)C(C)=NC.Cc1ncccc1C1CC1. The molecule has 1 aliphatic carbocycles. The molecule has 35 heavy (non-hydrogen) atoms. The minimum Gasteiger partial charge on any atom is -0.363 e. The normalized spacial score (nSPS) is 21.9. The molecule has 5 rings (SSSR count). The van der Waals surface area contributed by atoms with E-state index < -0.39 is 18.1 Å². The predicted molar refractivity (Wildman–Crippen MR) is 140 cm³/mol. The van der Waals surface area contributed by atoms with E-state index in [0.717, 1.165) is 31.3 Å². The summed E-state index contributed by atoms with van der Waals surface area (Å²) in [5.74, 6) is -2.11. The van der Waals surface area contributed by atoms with Crippen LogP contribution >= 0.6 is 22.9 Å². The number of aromatic nitrogens is 1. The molecule has 0 bridgehead atoms. The van der Waals surface area contributed by atoms with Crippen LogP contribution in [0, 0.1) is 6.92 Å². The molecule has 0 aromatic carbocycles. The number of fused-ring (bicyclic) bond motifs is 2. The zero-order chi connectivity index (χ0) is 25.2. The van der Waals surface area contributed by atoms with E-state index in [1.165, 1.54) is 47.1 Å². The summed E-state index contributed by atoms with van der Waals surface area (Å²) < 4.78 is 34.5. The molecule has 4 nitrogen and oxygen atoms in total. The van der Waals surface area contributed by atoms with Crippen LogP contribution in [-0.4, -0.2) is 48.9 Å². The second-order valence-electron chi connectivity index (χ2n) is 9.63. The van der Waals surface area contributed by atoms with Crippen molar-refractivity contribution >= 4 is 28.6 Å². The van der Waals surface area contributed by atoms with Crippen LogP contribution in [-0.2, 0) is 16.3 Å². The highest BCUT2D eigenvalue weighted by Gasteiger charge is 2.51. The van der Waals surface area contributed by atoms with Gasteiger partial charge in [-0.05, 0) is 75.6 Å². The summed E-state index contributed by atoms with van der Waals surface area (Å²) >= 11 is 7.28. The molecule has 8 heteroatoms. The molecule has 1 spiro atoms. The molecule has 1 saturated carbocycles.